The van der Waals surface area contributed by atoms with Gasteiger partial charge in [0.1, 0.15) is 5.52 Å². The summed E-state index contributed by atoms with van der Waals surface area (Å²) in [6.45, 7) is 3.26. The lowest BCUT2D eigenvalue weighted by atomic mass is 10.1. The van der Waals surface area contributed by atoms with Crippen molar-refractivity contribution >= 4 is 16.7 Å². The Hall–Kier alpha value is -3.06. The number of aromatic nitrogens is 5. The smallest absolute Gasteiger partial charge is 0.280 e. The molecule has 0 aliphatic carbocycles. The van der Waals surface area contributed by atoms with Crippen molar-refractivity contribution in [1.82, 2.24) is 24.4 Å². The van der Waals surface area contributed by atoms with Crippen molar-refractivity contribution in [3.05, 3.63) is 58.6 Å². The Labute approximate surface area is 155 Å². The molecule has 4 heterocycles. The van der Waals surface area contributed by atoms with Crippen LogP contribution in [0.25, 0.3) is 27.8 Å². The van der Waals surface area contributed by atoms with Gasteiger partial charge >= 0.3 is 0 Å². The second-order valence-electron chi connectivity index (χ2n) is 6.90. The second-order valence-corrected chi connectivity index (χ2v) is 6.90. The van der Waals surface area contributed by atoms with E-state index >= 15 is 0 Å². The summed E-state index contributed by atoms with van der Waals surface area (Å²) in [4.78, 5) is 12.9. The molecule has 7 heteroatoms. The third-order valence-electron chi connectivity index (χ3n) is 5.11. The lowest BCUT2D eigenvalue weighted by molar-refractivity contribution is 0.0963. The zero-order chi connectivity index (χ0) is 18.4. The predicted octanol–water partition coefficient (Wildman–Crippen LogP) is 2.59. The molecule has 0 N–H and O–H groups in total. The first-order chi connectivity index (χ1) is 13.2. The Morgan fingerprint density at radius 3 is 2.81 bits per heavy atom. The largest absolute Gasteiger partial charge is 0.376 e. The Balaban J connectivity index is 1.67. The van der Waals surface area contributed by atoms with Crippen LogP contribution in [-0.2, 0) is 11.3 Å². The summed E-state index contributed by atoms with van der Waals surface area (Å²) in [5.41, 5.74) is 4.31. The van der Waals surface area contributed by atoms with Gasteiger partial charge in [-0.3, -0.25) is 4.79 Å². The highest BCUT2D eigenvalue weighted by molar-refractivity contribution is 5.84. The monoisotopic (exact) mass is 361 g/mol. The minimum atomic E-state index is -0.160. The Kier molecular flexibility index (Phi) is 3.75. The minimum absolute atomic E-state index is 0.0912. The molecule has 3 aromatic heterocycles. The molecule has 1 atom stereocenters. The fourth-order valence-electron chi connectivity index (χ4n) is 3.78. The summed E-state index contributed by atoms with van der Waals surface area (Å²) in [5, 5.41) is 13.2. The average molecular weight is 361 g/mol. The third-order valence-corrected chi connectivity index (χ3v) is 5.11. The van der Waals surface area contributed by atoms with Gasteiger partial charge in [-0.25, -0.2) is 4.52 Å². The summed E-state index contributed by atoms with van der Waals surface area (Å²) in [6.07, 6.45) is 3.91. The Bertz CT molecular complexity index is 1190. The van der Waals surface area contributed by atoms with E-state index in [9.17, 15) is 4.79 Å². The minimum Gasteiger partial charge on any atom is -0.376 e. The molecule has 5 rings (SSSR count). The molecule has 1 aromatic carbocycles. The van der Waals surface area contributed by atoms with Crippen LogP contribution in [0.4, 0.5) is 0 Å². The van der Waals surface area contributed by atoms with E-state index in [1.807, 2.05) is 43.3 Å². The molecule has 0 saturated carbocycles. The maximum Gasteiger partial charge on any atom is 0.280 e. The Morgan fingerprint density at radius 1 is 1.19 bits per heavy atom. The van der Waals surface area contributed by atoms with Crippen LogP contribution in [0.5, 0.6) is 0 Å². The topological polar surface area (TPSA) is 74.3 Å². The first kappa shape index (κ1) is 16.1. The van der Waals surface area contributed by atoms with Crippen molar-refractivity contribution in [2.45, 2.75) is 32.4 Å². The van der Waals surface area contributed by atoms with Crippen LogP contribution >= 0.6 is 0 Å². The first-order valence-electron chi connectivity index (χ1n) is 9.14. The summed E-state index contributed by atoms with van der Waals surface area (Å²) in [6, 6.07) is 11.9. The van der Waals surface area contributed by atoms with Gasteiger partial charge in [0, 0.05) is 12.8 Å². The van der Waals surface area contributed by atoms with Crippen molar-refractivity contribution in [2.24, 2.45) is 0 Å². The van der Waals surface area contributed by atoms with Crippen LogP contribution in [0.3, 0.4) is 0 Å². The molecule has 0 unspecified atom stereocenters. The van der Waals surface area contributed by atoms with E-state index in [1.165, 1.54) is 0 Å². The number of hydrogen-bond acceptors (Lipinski definition) is 5. The van der Waals surface area contributed by atoms with Crippen LogP contribution in [0.2, 0.25) is 0 Å². The summed E-state index contributed by atoms with van der Waals surface area (Å²) < 4.78 is 9.03. The number of fused-ring (bicyclic) bond motifs is 3. The normalized spacial score (nSPS) is 17.1. The van der Waals surface area contributed by atoms with Crippen molar-refractivity contribution in [2.75, 3.05) is 6.61 Å². The summed E-state index contributed by atoms with van der Waals surface area (Å²) in [7, 11) is 0. The van der Waals surface area contributed by atoms with Gasteiger partial charge < -0.3 is 9.30 Å². The van der Waals surface area contributed by atoms with Crippen molar-refractivity contribution < 1.29 is 4.74 Å². The molecule has 7 nitrogen and oxygen atoms in total. The number of ether oxygens (including phenoxy) is 1. The molecule has 4 aromatic rings. The van der Waals surface area contributed by atoms with Gasteiger partial charge in [0.15, 0.2) is 11.2 Å². The number of nitrogens with zero attached hydrogens (tertiary/aromatic N) is 5. The van der Waals surface area contributed by atoms with Crippen LogP contribution in [0, 0.1) is 6.92 Å². The first-order valence-corrected chi connectivity index (χ1v) is 9.14. The lowest BCUT2D eigenvalue weighted by Crippen LogP contribution is -2.27. The van der Waals surface area contributed by atoms with E-state index in [0.29, 0.717) is 23.2 Å². The molecule has 0 bridgehead atoms. The summed E-state index contributed by atoms with van der Waals surface area (Å²) >= 11 is 0. The van der Waals surface area contributed by atoms with Gasteiger partial charge in [0.25, 0.3) is 5.56 Å². The number of benzene rings is 1. The van der Waals surface area contributed by atoms with Crippen LogP contribution in [-0.4, -0.2) is 37.1 Å². The Morgan fingerprint density at radius 2 is 2.04 bits per heavy atom. The molecular weight excluding hydrogens is 342 g/mol. The highest BCUT2D eigenvalue weighted by atomic mass is 16.5. The van der Waals surface area contributed by atoms with Crippen molar-refractivity contribution in [3.8, 4) is 11.1 Å². The molecule has 1 aliphatic heterocycles. The zero-order valence-electron chi connectivity index (χ0n) is 15.0. The van der Waals surface area contributed by atoms with E-state index < -0.39 is 0 Å². The third kappa shape index (κ3) is 2.62. The van der Waals surface area contributed by atoms with E-state index in [-0.39, 0.29) is 11.7 Å². The SMILES string of the molecule is Cc1nn2c(nnc3c(=O)n(C[C@@H]4CCCO4)ccc32)c1-c1ccccc1. The highest BCUT2D eigenvalue weighted by Gasteiger charge is 2.20. The van der Waals surface area contributed by atoms with E-state index in [0.717, 1.165) is 36.3 Å². The van der Waals surface area contributed by atoms with E-state index in [1.54, 1.807) is 15.3 Å². The molecule has 1 saturated heterocycles. The maximum atomic E-state index is 12.9. The molecule has 136 valence electrons. The van der Waals surface area contributed by atoms with Crippen molar-refractivity contribution in [1.29, 1.82) is 0 Å². The van der Waals surface area contributed by atoms with Gasteiger partial charge in [0.05, 0.1) is 23.9 Å². The number of rotatable bonds is 3. The predicted molar refractivity (Wildman–Crippen MR) is 102 cm³/mol. The van der Waals surface area contributed by atoms with E-state index in [4.69, 9.17) is 4.74 Å². The standard InChI is InChI=1S/C20H19N5O2/c1-13-17(14-6-3-2-4-7-14)19-22-21-18-16(25(19)23-13)9-10-24(20(18)26)12-15-8-5-11-27-15/h2-4,6-7,9-10,15H,5,8,11-12H2,1H3/t15-/m0/s1. The average Bonchev–Trinajstić information content (AvgIpc) is 3.31. The molecule has 0 spiro atoms. The van der Waals surface area contributed by atoms with Gasteiger partial charge in [-0.15, -0.1) is 10.2 Å². The van der Waals surface area contributed by atoms with Gasteiger partial charge in [0.2, 0.25) is 0 Å². The zero-order valence-corrected chi connectivity index (χ0v) is 15.0. The van der Waals surface area contributed by atoms with Crippen LogP contribution < -0.4 is 5.56 Å². The van der Waals surface area contributed by atoms with Gasteiger partial charge in [-0.1, -0.05) is 30.3 Å². The molecule has 1 fully saturated rings. The summed E-state index contributed by atoms with van der Waals surface area (Å²) in [5.74, 6) is 0. The molecule has 27 heavy (non-hydrogen) atoms. The van der Waals surface area contributed by atoms with Gasteiger partial charge in [-0.05, 0) is 31.4 Å². The lowest BCUT2D eigenvalue weighted by Gasteiger charge is -2.12. The molecule has 1 aliphatic rings. The van der Waals surface area contributed by atoms with E-state index in [2.05, 4.69) is 15.3 Å². The van der Waals surface area contributed by atoms with Crippen LogP contribution in [0.15, 0.2) is 47.4 Å². The van der Waals surface area contributed by atoms with Crippen LogP contribution in [0.1, 0.15) is 18.5 Å². The maximum absolute atomic E-state index is 12.9. The number of pyridine rings is 1. The second kappa shape index (κ2) is 6.28. The van der Waals surface area contributed by atoms with Crippen molar-refractivity contribution in [3.63, 3.8) is 0 Å². The fourth-order valence-corrected chi connectivity index (χ4v) is 3.78. The molecular formula is C20H19N5O2. The quantitative estimate of drug-likeness (QED) is 0.561. The fraction of sp³-hybridized carbons (Fsp3) is 0.300. The molecule has 0 radical (unpaired) electrons. The number of aryl methyl sites for hydroxylation is 1. The highest BCUT2D eigenvalue weighted by Crippen LogP contribution is 2.27. The van der Waals surface area contributed by atoms with Gasteiger partial charge in [-0.2, -0.15) is 5.10 Å². The number of hydrogen-bond donors (Lipinski definition) is 0. The molecule has 0 amide bonds.